The number of aryl methyl sites for hydroxylation is 1. The van der Waals surface area contributed by atoms with E-state index >= 15 is 0 Å². The number of carboxylic acids is 1. The summed E-state index contributed by atoms with van der Waals surface area (Å²) in [6, 6.07) is 7.48. The number of hydrogen-bond donors (Lipinski definition) is 2. The maximum absolute atomic E-state index is 12.6. The zero-order valence-electron chi connectivity index (χ0n) is 12.8. The minimum Gasteiger partial charge on any atom is -0.478 e. The van der Waals surface area contributed by atoms with Gasteiger partial charge in [-0.15, -0.1) is 0 Å². The lowest BCUT2D eigenvalue weighted by atomic mass is 10.1. The highest BCUT2D eigenvalue weighted by Gasteiger charge is 2.21. The van der Waals surface area contributed by atoms with Crippen molar-refractivity contribution in [2.45, 2.75) is 18.7 Å². The van der Waals surface area contributed by atoms with Crippen LogP contribution < -0.4 is 4.72 Å². The van der Waals surface area contributed by atoms with Gasteiger partial charge >= 0.3 is 5.97 Å². The number of nitrogens with one attached hydrogen (secondary N) is 1. The number of sulfonamides is 1. The molecule has 2 aromatic rings. The Morgan fingerprint density at radius 3 is 2.46 bits per heavy atom. The van der Waals surface area contributed by atoms with Crippen molar-refractivity contribution in [1.29, 1.82) is 0 Å². The summed E-state index contributed by atoms with van der Waals surface area (Å²) in [6.45, 7) is 3.16. The first-order chi connectivity index (χ1) is 11.1. The third-order valence-electron chi connectivity index (χ3n) is 3.47. The molecule has 0 radical (unpaired) electrons. The van der Waals surface area contributed by atoms with Crippen molar-refractivity contribution in [1.82, 2.24) is 0 Å². The van der Waals surface area contributed by atoms with Crippen LogP contribution in [0.1, 0.15) is 21.5 Å². The molecule has 2 rings (SSSR count). The quantitative estimate of drug-likeness (QED) is 0.630. The zero-order valence-corrected chi connectivity index (χ0v) is 13.6. The molecule has 0 spiro atoms. The monoisotopic (exact) mass is 350 g/mol. The van der Waals surface area contributed by atoms with E-state index in [4.69, 9.17) is 5.11 Å². The van der Waals surface area contributed by atoms with Gasteiger partial charge in [0.05, 0.1) is 21.1 Å². The second kappa shape index (κ2) is 6.28. The van der Waals surface area contributed by atoms with Crippen LogP contribution in [0.2, 0.25) is 0 Å². The normalized spacial score (nSPS) is 11.1. The lowest BCUT2D eigenvalue weighted by molar-refractivity contribution is -0.384. The van der Waals surface area contributed by atoms with Gasteiger partial charge in [0.25, 0.3) is 15.7 Å². The van der Waals surface area contributed by atoms with Gasteiger partial charge in [-0.2, -0.15) is 0 Å². The number of nitro groups is 1. The fourth-order valence-electron chi connectivity index (χ4n) is 2.12. The van der Waals surface area contributed by atoms with Crippen molar-refractivity contribution < 1.29 is 23.2 Å². The number of aromatic carboxylic acids is 1. The van der Waals surface area contributed by atoms with E-state index in [2.05, 4.69) is 4.72 Å². The molecule has 0 saturated carbocycles. The lowest BCUT2D eigenvalue weighted by Gasteiger charge is -2.13. The van der Waals surface area contributed by atoms with E-state index in [-0.39, 0.29) is 21.8 Å². The lowest BCUT2D eigenvalue weighted by Crippen LogP contribution is -2.16. The molecule has 9 heteroatoms. The summed E-state index contributed by atoms with van der Waals surface area (Å²) in [5.74, 6) is -1.25. The van der Waals surface area contributed by atoms with Crippen LogP contribution >= 0.6 is 0 Å². The van der Waals surface area contributed by atoms with E-state index in [1.165, 1.54) is 24.3 Å². The number of nitro benzene ring substituents is 1. The summed E-state index contributed by atoms with van der Waals surface area (Å²) in [4.78, 5) is 21.1. The maximum atomic E-state index is 12.6. The first-order valence-corrected chi connectivity index (χ1v) is 8.22. The third-order valence-corrected chi connectivity index (χ3v) is 4.97. The molecule has 0 fully saturated rings. The Balaban J connectivity index is 2.50. The van der Waals surface area contributed by atoms with Gasteiger partial charge in [0, 0.05) is 12.1 Å². The van der Waals surface area contributed by atoms with Crippen LogP contribution in [0.4, 0.5) is 11.4 Å². The molecule has 0 aliphatic carbocycles. The zero-order chi connectivity index (χ0) is 18.1. The predicted molar refractivity (Wildman–Crippen MR) is 86.8 cm³/mol. The van der Waals surface area contributed by atoms with E-state index in [0.29, 0.717) is 11.1 Å². The molecular formula is C15H14N2O6S. The molecule has 0 saturated heterocycles. The minimum absolute atomic E-state index is 0.0157. The van der Waals surface area contributed by atoms with Crippen LogP contribution in [0, 0.1) is 24.0 Å². The van der Waals surface area contributed by atoms with Crippen molar-refractivity contribution in [3.63, 3.8) is 0 Å². The van der Waals surface area contributed by atoms with Gasteiger partial charge in [-0.1, -0.05) is 6.07 Å². The Morgan fingerprint density at radius 2 is 1.88 bits per heavy atom. The number of rotatable bonds is 5. The maximum Gasteiger partial charge on any atom is 0.335 e. The molecule has 0 heterocycles. The van der Waals surface area contributed by atoms with Crippen molar-refractivity contribution >= 4 is 27.4 Å². The summed E-state index contributed by atoms with van der Waals surface area (Å²) in [5, 5.41) is 19.9. The van der Waals surface area contributed by atoms with Gasteiger partial charge in [-0.05, 0) is 43.2 Å². The average molecular weight is 350 g/mol. The van der Waals surface area contributed by atoms with Crippen molar-refractivity contribution in [3.05, 3.63) is 63.2 Å². The second-order valence-corrected chi connectivity index (χ2v) is 6.79. The highest BCUT2D eigenvalue weighted by atomic mass is 32.2. The van der Waals surface area contributed by atoms with Crippen LogP contribution in [-0.4, -0.2) is 24.4 Å². The van der Waals surface area contributed by atoms with Gasteiger partial charge in [-0.25, -0.2) is 13.2 Å². The number of carbonyl (C=O) groups is 1. The number of nitrogens with zero attached hydrogens (tertiary/aromatic N) is 1. The number of carboxylic acid groups (broad SMARTS) is 1. The molecule has 24 heavy (non-hydrogen) atoms. The van der Waals surface area contributed by atoms with Crippen LogP contribution in [0.3, 0.4) is 0 Å². The number of anilines is 1. The van der Waals surface area contributed by atoms with Crippen LogP contribution in [0.15, 0.2) is 41.3 Å². The molecular weight excluding hydrogens is 336 g/mol. The van der Waals surface area contributed by atoms with E-state index in [9.17, 15) is 23.3 Å². The number of benzene rings is 2. The third kappa shape index (κ3) is 3.51. The van der Waals surface area contributed by atoms with Gasteiger partial charge in [0.2, 0.25) is 0 Å². The summed E-state index contributed by atoms with van der Waals surface area (Å²) < 4.78 is 27.4. The van der Waals surface area contributed by atoms with E-state index < -0.39 is 20.9 Å². The van der Waals surface area contributed by atoms with Gasteiger partial charge in [0.15, 0.2) is 0 Å². The van der Waals surface area contributed by atoms with Crippen molar-refractivity contribution in [2.75, 3.05) is 4.72 Å². The molecule has 0 amide bonds. The average Bonchev–Trinajstić information content (AvgIpc) is 2.49. The Morgan fingerprint density at radius 1 is 1.21 bits per heavy atom. The van der Waals surface area contributed by atoms with E-state index in [0.717, 1.165) is 12.1 Å². The van der Waals surface area contributed by atoms with Gasteiger partial charge < -0.3 is 5.11 Å². The standard InChI is InChI=1S/C15H14N2O6S/c1-9-6-11(15(18)19)7-14(10(9)2)24(22,23)16-12-4-3-5-13(8-12)17(20)21/h3-8,16H,1-2H3,(H,18,19). The highest BCUT2D eigenvalue weighted by Crippen LogP contribution is 2.25. The summed E-state index contributed by atoms with van der Waals surface area (Å²) in [5.41, 5.74) is 0.508. The van der Waals surface area contributed by atoms with Gasteiger partial charge in [-0.3, -0.25) is 14.8 Å². The summed E-state index contributed by atoms with van der Waals surface area (Å²) >= 11 is 0. The van der Waals surface area contributed by atoms with Crippen LogP contribution in [-0.2, 0) is 10.0 Å². The topological polar surface area (TPSA) is 127 Å². The van der Waals surface area contributed by atoms with Crippen LogP contribution in [0.5, 0.6) is 0 Å². The molecule has 0 aliphatic heterocycles. The van der Waals surface area contributed by atoms with E-state index in [1.54, 1.807) is 13.8 Å². The first-order valence-electron chi connectivity index (χ1n) is 6.73. The van der Waals surface area contributed by atoms with Crippen molar-refractivity contribution in [3.8, 4) is 0 Å². The molecule has 8 nitrogen and oxygen atoms in total. The Hall–Kier alpha value is -2.94. The molecule has 126 valence electrons. The fraction of sp³-hybridized carbons (Fsp3) is 0.133. The largest absolute Gasteiger partial charge is 0.478 e. The molecule has 0 aliphatic rings. The predicted octanol–water partition coefficient (Wildman–Crippen LogP) is 2.71. The minimum atomic E-state index is -4.10. The Bertz CT molecular complexity index is 937. The van der Waals surface area contributed by atoms with Crippen LogP contribution in [0.25, 0.3) is 0 Å². The Kier molecular flexibility index (Phi) is 4.56. The number of hydrogen-bond acceptors (Lipinski definition) is 5. The summed E-state index contributed by atoms with van der Waals surface area (Å²) in [6.07, 6.45) is 0. The Labute approximate surface area is 138 Å². The SMILES string of the molecule is Cc1cc(C(=O)O)cc(S(=O)(=O)Nc2cccc([N+](=O)[O-])c2)c1C. The number of non-ortho nitro benzene ring substituents is 1. The van der Waals surface area contributed by atoms with E-state index in [1.807, 2.05) is 0 Å². The van der Waals surface area contributed by atoms with Gasteiger partial charge in [0.1, 0.15) is 0 Å². The highest BCUT2D eigenvalue weighted by molar-refractivity contribution is 7.92. The van der Waals surface area contributed by atoms with Crippen molar-refractivity contribution in [2.24, 2.45) is 0 Å². The molecule has 0 atom stereocenters. The molecule has 0 bridgehead atoms. The fourth-order valence-corrected chi connectivity index (χ4v) is 3.52. The first kappa shape index (κ1) is 17.4. The summed E-state index contributed by atoms with van der Waals surface area (Å²) in [7, 11) is -4.10. The molecule has 0 aromatic heterocycles. The second-order valence-electron chi connectivity index (χ2n) is 5.13. The molecule has 0 unspecified atom stereocenters. The molecule has 2 N–H and O–H groups in total. The smallest absolute Gasteiger partial charge is 0.335 e. The molecule has 2 aromatic carbocycles.